The van der Waals surface area contributed by atoms with E-state index < -0.39 is 0 Å². The van der Waals surface area contributed by atoms with Crippen molar-refractivity contribution in [2.24, 2.45) is 0 Å². The zero-order valence-corrected chi connectivity index (χ0v) is 12.3. The highest BCUT2D eigenvalue weighted by Crippen LogP contribution is 2.17. The van der Waals surface area contributed by atoms with Crippen LogP contribution in [-0.4, -0.2) is 35.8 Å². The molecule has 1 aromatic carbocycles. The van der Waals surface area contributed by atoms with E-state index in [1.54, 1.807) is 4.90 Å². The Balaban J connectivity index is 1.80. The highest BCUT2D eigenvalue weighted by atomic mass is 35.5. The maximum absolute atomic E-state index is 12.1. The minimum atomic E-state index is -0.294. The van der Waals surface area contributed by atoms with Crippen LogP contribution < -0.4 is 5.32 Å². The molecule has 108 valence electrons. The Morgan fingerprint density at radius 1 is 1.35 bits per heavy atom. The van der Waals surface area contributed by atoms with Gasteiger partial charge in [0, 0.05) is 25.0 Å². The fraction of sp³-hybridized carbons (Fsp3) is 0.467. The normalized spacial score (nSPS) is 18.1. The van der Waals surface area contributed by atoms with Gasteiger partial charge in [0.1, 0.15) is 6.04 Å². The number of carbonyl (C=O) groups is 2. The number of hydrogen-bond donors (Lipinski definition) is 1. The third-order valence-corrected chi connectivity index (χ3v) is 3.84. The minimum absolute atomic E-state index is 0.0275. The van der Waals surface area contributed by atoms with E-state index >= 15 is 0 Å². The van der Waals surface area contributed by atoms with Crippen LogP contribution in [0.15, 0.2) is 24.3 Å². The Morgan fingerprint density at radius 3 is 2.70 bits per heavy atom. The Morgan fingerprint density at radius 2 is 2.05 bits per heavy atom. The Bertz CT molecular complexity index is 487. The van der Waals surface area contributed by atoms with Crippen molar-refractivity contribution in [3.8, 4) is 0 Å². The van der Waals surface area contributed by atoms with Gasteiger partial charge in [-0.25, -0.2) is 0 Å². The summed E-state index contributed by atoms with van der Waals surface area (Å²) in [5.41, 5.74) is 1.13. The molecule has 0 aromatic heterocycles. The number of likely N-dealkylation sites (tertiary alicyclic amines) is 1. The fourth-order valence-corrected chi connectivity index (χ4v) is 2.64. The van der Waals surface area contributed by atoms with Crippen LogP contribution in [0.5, 0.6) is 0 Å². The molecule has 1 saturated heterocycles. The predicted molar refractivity (Wildman–Crippen MR) is 78.6 cm³/mol. The monoisotopic (exact) mass is 294 g/mol. The van der Waals surface area contributed by atoms with Crippen molar-refractivity contribution in [3.05, 3.63) is 34.9 Å². The van der Waals surface area contributed by atoms with Crippen molar-refractivity contribution in [3.63, 3.8) is 0 Å². The van der Waals surface area contributed by atoms with Gasteiger partial charge in [0.15, 0.2) is 0 Å². The van der Waals surface area contributed by atoms with Crippen molar-refractivity contribution in [2.75, 3.05) is 13.1 Å². The van der Waals surface area contributed by atoms with E-state index in [9.17, 15) is 9.59 Å². The smallest absolute Gasteiger partial charge is 0.242 e. The van der Waals surface area contributed by atoms with Crippen molar-refractivity contribution in [2.45, 2.75) is 32.2 Å². The van der Waals surface area contributed by atoms with Crippen LogP contribution in [0.4, 0.5) is 0 Å². The Hall–Kier alpha value is -1.55. The highest BCUT2D eigenvalue weighted by molar-refractivity contribution is 6.30. The molecular formula is C15H19ClN2O2. The standard InChI is InChI=1S/C15H19ClN2O2/c1-11(19)18-10-2-3-14(18)15(20)17-9-8-12-4-6-13(16)7-5-12/h4-7,14H,2-3,8-10H2,1H3,(H,17,20)/t14-/m1/s1. The second-order valence-electron chi connectivity index (χ2n) is 5.04. The summed E-state index contributed by atoms with van der Waals surface area (Å²) in [5, 5.41) is 3.62. The van der Waals surface area contributed by atoms with Gasteiger partial charge in [-0.1, -0.05) is 23.7 Å². The largest absolute Gasteiger partial charge is 0.354 e. The van der Waals surface area contributed by atoms with Gasteiger partial charge in [0.05, 0.1) is 0 Å². The lowest BCUT2D eigenvalue weighted by molar-refractivity contribution is -0.136. The van der Waals surface area contributed by atoms with Crippen LogP contribution in [-0.2, 0) is 16.0 Å². The van der Waals surface area contributed by atoms with Gasteiger partial charge < -0.3 is 10.2 Å². The van der Waals surface area contributed by atoms with Crippen molar-refractivity contribution in [1.82, 2.24) is 10.2 Å². The molecule has 1 aliphatic heterocycles. The van der Waals surface area contributed by atoms with Crippen LogP contribution in [0.25, 0.3) is 0 Å². The average Bonchev–Trinajstić information content (AvgIpc) is 2.90. The summed E-state index contributed by atoms with van der Waals surface area (Å²) in [5.74, 6) is -0.0768. The number of nitrogens with zero attached hydrogens (tertiary/aromatic N) is 1. The van der Waals surface area contributed by atoms with E-state index in [0.717, 1.165) is 24.8 Å². The lowest BCUT2D eigenvalue weighted by atomic mass is 10.1. The summed E-state index contributed by atoms with van der Waals surface area (Å²) >= 11 is 5.82. The molecule has 1 aliphatic rings. The van der Waals surface area contributed by atoms with E-state index in [1.165, 1.54) is 6.92 Å². The lowest BCUT2D eigenvalue weighted by Crippen LogP contribution is -2.45. The Kier molecular flexibility index (Phi) is 5.01. The summed E-state index contributed by atoms with van der Waals surface area (Å²) < 4.78 is 0. The second kappa shape index (κ2) is 6.75. The number of rotatable bonds is 4. The molecule has 1 aromatic rings. The van der Waals surface area contributed by atoms with Crippen molar-refractivity contribution in [1.29, 1.82) is 0 Å². The molecule has 1 atom stereocenters. The van der Waals surface area contributed by atoms with Gasteiger partial charge in [0.2, 0.25) is 11.8 Å². The van der Waals surface area contributed by atoms with E-state index in [-0.39, 0.29) is 17.9 Å². The quantitative estimate of drug-likeness (QED) is 0.923. The van der Waals surface area contributed by atoms with Gasteiger partial charge >= 0.3 is 0 Å². The highest BCUT2D eigenvalue weighted by Gasteiger charge is 2.31. The number of amides is 2. The molecule has 2 rings (SSSR count). The van der Waals surface area contributed by atoms with E-state index in [2.05, 4.69) is 5.32 Å². The molecule has 5 heteroatoms. The van der Waals surface area contributed by atoms with Crippen molar-refractivity contribution < 1.29 is 9.59 Å². The maximum atomic E-state index is 12.1. The summed E-state index contributed by atoms with van der Waals surface area (Å²) in [4.78, 5) is 25.2. The average molecular weight is 295 g/mol. The van der Waals surface area contributed by atoms with E-state index in [4.69, 9.17) is 11.6 Å². The third kappa shape index (κ3) is 3.73. The Labute approximate surface area is 124 Å². The van der Waals surface area contributed by atoms with Crippen LogP contribution in [0.2, 0.25) is 5.02 Å². The third-order valence-electron chi connectivity index (χ3n) is 3.59. The number of hydrogen-bond acceptors (Lipinski definition) is 2. The molecule has 0 unspecified atom stereocenters. The fourth-order valence-electron chi connectivity index (χ4n) is 2.52. The molecule has 0 bridgehead atoms. The SMILES string of the molecule is CC(=O)N1CCC[C@@H]1C(=O)NCCc1ccc(Cl)cc1. The van der Waals surface area contributed by atoms with Gasteiger partial charge in [-0.15, -0.1) is 0 Å². The zero-order chi connectivity index (χ0) is 14.5. The first kappa shape index (κ1) is 14.9. The van der Waals surface area contributed by atoms with Crippen LogP contribution in [0.1, 0.15) is 25.3 Å². The molecule has 1 fully saturated rings. The first-order valence-corrected chi connectivity index (χ1v) is 7.25. The number of carbonyl (C=O) groups excluding carboxylic acids is 2. The van der Waals surface area contributed by atoms with Crippen LogP contribution in [0, 0.1) is 0 Å². The van der Waals surface area contributed by atoms with Gasteiger partial charge in [-0.3, -0.25) is 9.59 Å². The summed E-state index contributed by atoms with van der Waals surface area (Å²) in [6.07, 6.45) is 2.41. The molecule has 1 N–H and O–H groups in total. The molecule has 4 nitrogen and oxygen atoms in total. The second-order valence-corrected chi connectivity index (χ2v) is 5.47. The zero-order valence-electron chi connectivity index (χ0n) is 11.6. The number of halogens is 1. The van der Waals surface area contributed by atoms with Crippen molar-refractivity contribution >= 4 is 23.4 Å². The molecule has 1 heterocycles. The lowest BCUT2D eigenvalue weighted by Gasteiger charge is -2.22. The van der Waals surface area contributed by atoms with Gasteiger partial charge in [0.25, 0.3) is 0 Å². The summed E-state index contributed by atoms with van der Waals surface area (Å²) in [6, 6.07) is 7.29. The molecular weight excluding hydrogens is 276 g/mol. The van der Waals surface area contributed by atoms with Gasteiger partial charge in [-0.05, 0) is 37.0 Å². The molecule has 0 saturated carbocycles. The van der Waals surface area contributed by atoms with Crippen LogP contribution >= 0.6 is 11.6 Å². The van der Waals surface area contributed by atoms with E-state index in [1.807, 2.05) is 24.3 Å². The first-order valence-electron chi connectivity index (χ1n) is 6.87. The van der Waals surface area contributed by atoms with Gasteiger partial charge in [-0.2, -0.15) is 0 Å². The predicted octanol–water partition coefficient (Wildman–Crippen LogP) is 2.01. The van der Waals surface area contributed by atoms with Crippen LogP contribution in [0.3, 0.4) is 0 Å². The molecule has 20 heavy (non-hydrogen) atoms. The minimum Gasteiger partial charge on any atom is -0.354 e. The molecule has 2 amide bonds. The van der Waals surface area contributed by atoms with E-state index in [0.29, 0.717) is 18.1 Å². The maximum Gasteiger partial charge on any atom is 0.242 e. The molecule has 0 spiro atoms. The summed E-state index contributed by atoms with van der Waals surface area (Å²) in [7, 11) is 0. The topological polar surface area (TPSA) is 49.4 Å². The molecule has 0 aliphatic carbocycles. The molecule has 0 radical (unpaired) electrons. The summed E-state index contributed by atoms with van der Waals surface area (Å²) in [6.45, 7) is 2.77. The number of benzene rings is 1. The number of nitrogens with one attached hydrogen (secondary N) is 1. The first-order chi connectivity index (χ1) is 9.58.